The number of benzene rings is 1. The SMILES string of the molecule is OCC(CO)NCc1cnc2ccccc2c1. The standard InChI is InChI=1S/C13H16N2O2/c16-8-12(9-17)14-6-10-5-11-3-1-2-4-13(11)15-7-10/h1-5,7,12,14,16-17H,6,8-9H2. The Morgan fingerprint density at radius 3 is 2.71 bits per heavy atom. The van der Waals surface area contributed by atoms with Crippen molar-refractivity contribution in [3.05, 3.63) is 42.1 Å². The van der Waals surface area contributed by atoms with E-state index >= 15 is 0 Å². The van der Waals surface area contributed by atoms with Gasteiger partial charge in [-0.25, -0.2) is 0 Å². The molecule has 0 saturated heterocycles. The maximum Gasteiger partial charge on any atom is 0.0702 e. The van der Waals surface area contributed by atoms with Crippen LogP contribution in [0.15, 0.2) is 36.5 Å². The number of rotatable bonds is 5. The van der Waals surface area contributed by atoms with Crippen molar-refractivity contribution in [2.45, 2.75) is 12.6 Å². The Balaban J connectivity index is 2.09. The molecule has 0 fully saturated rings. The zero-order valence-electron chi connectivity index (χ0n) is 9.50. The normalized spacial score (nSPS) is 11.2. The Labute approximate surface area is 99.9 Å². The molecule has 2 aromatic rings. The van der Waals surface area contributed by atoms with E-state index in [0.29, 0.717) is 6.54 Å². The molecule has 2 rings (SSSR count). The molecular weight excluding hydrogens is 216 g/mol. The van der Waals surface area contributed by atoms with E-state index in [2.05, 4.69) is 16.4 Å². The number of nitrogens with one attached hydrogen (secondary N) is 1. The number of aromatic nitrogens is 1. The van der Waals surface area contributed by atoms with Crippen molar-refractivity contribution in [2.75, 3.05) is 13.2 Å². The second kappa shape index (κ2) is 5.72. The highest BCUT2D eigenvalue weighted by Crippen LogP contribution is 2.12. The van der Waals surface area contributed by atoms with Gasteiger partial charge in [-0.15, -0.1) is 0 Å². The maximum absolute atomic E-state index is 8.94. The zero-order chi connectivity index (χ0) is 12.1. The van der Waals surface area contributed by atoms with Gasteiger partial charge >= 0.3 is 0 Å². The van der Waals surface area contributed by atoms with Gasteiger partial charge in [0, 0.05) is 18.1 Å². The van der Waals surface area contributed by atoms with Crippen LogP contribution in [-0.4, -0.2) is 34.5 Å². The average molecular weight is 232 g/mol. The number of hydrogen-bond donors (Lipinski definition) is 3. The smallest absolute Gasteiger partial charge is 0.0702 e. The Bertz CT molecular complexity index is 484. The number of para-hydroxylation sites is 1. The lowest BCUT2D eigenvalue weighted by atomic mass is 10.1. The fraction of sp³-hybridized carbons (Fsp3) is 0.308. The van der Waals surface area contributed by atoms with E-state index in [9.17, 15) is 0 Å². The third kappa shape index (κ3) is 3.00. The first-order chi connectivity index (χ1) is 8.33. The highest BCUT2D eigenvalue weighted by Gasteiger charge is 2.04. The second-order valence-electron chi connectivity index (χ2n) is 3.98. The van der Waals surface area contributed by atoms with Gasteiger partial charge in [-0.3, -0.25) is 4.98 Å². The summed E-state index contributed by atoms with van der Waals surface area (Å²) in [7, 11) is 0. The lowest BCUT2D eigenvalue weighted by molar-refractivity contribution is 0.170. The number of aliphatic hydroxyl groups is 2. The van der Waals surface area contributed by atoms with Gasteiger partial charge in [0.25, 0.3) is 0 Å². The molecule has 0 bridgehead atoms. The molecule has 0 amide bonds. The minimum absolute atomic E-state index is 0.0719. The third-order valence-corrected chi connectivity index (χ3v) is 2.68. The summed E-state index contributed by atoms with van der Waals surface area (Å²) in [6, 6.07) is 9.70. The minimum Gasteiger partial charge on any atom is -0.395 e. The number of nitrogens with zero attached hydrogens (tertiary/aromatic N) is 1. The van der Waals surface area contributed by atoms with Crippen LogP contribution in [0.2, 0.25) is 0 Å². The van der Waals surface area contributed by atoms with Crippen molar-refractivity contribution >= 4 is 10.9 Å². The molecule has 3 N–H and O–H groups in total. The number of aliphatic hydroxyl groups excluding tert-OH is 2. The summed E-state index contributed by atoms with van der Waals surface area (Å²) in [5.74, 6) is 0. The fourth-order valence-corrected chi connectivity index (χ4v) is 1.66. The monoisotopic (exact) mass is 232 g/mol. The van der Waals surface area contributed by atoms with Crippen LogP contribution in [-0.2, 0) is 6.54 Å². The Morgan fingerprint density at radius 1 is 1.18 bits per heavy atom. The highest BCUT2D eigenvalue weighted by atomic mass is 16.3. The molecule has 0 aliphatic heterocycles. The lowest BCUT2D eigenvalue weighted by Gasteiger charge is -2.13. The molecular formula is C13H16N2O2. The van der Waals surface area contributed by atoms with Crippen LogP contribution >= 0.6 is 0 Å². The van der Waals surface area contributed by atoms with Crippen LogP contribution in [0.3, 0.4) is 0 Å². The van der Waals surface area contributed by atoms with E-state index in [0.717, 1.165) is 16.5 Å². The summed E-state index contributed by atoms with van der Waals surface area (Å²) in [6.45, 7) is 0.443. The van der Waals surface area contributed by atoms with Crippen molar-refractivity contribution in [3.8, 4) is 0 Å². The van der Waals surface area contributed by atoms with Gasteiger partial charge in [-0.05, 0) is 17.7 Å². The van der Waals surface area contributed by atoms with Gasteiger partial charge in [-0.2, -0.15) is 0 Å². The van der Waals surface area contributed by atoms with Crippen LogP contribution in [0.4, 0.5) is 0 Å². The van der Waals surface area contributed by atoms with E-state index in [1.54, 1.807) is 6.20 Å². The maximum atomic E-state index is 8.94. The van der Waals surface area contributed by atoms with Crippen molar-refractivity contribution in [1.29, 1.82) is 0 Å². The van der Waals surface area contributed by atoms with Gasteiger partial charge in [0.05, 0.1) is 24.8 Å². The molecule has 0 aliphatic rings. The van der Waals surface area contributed by atoms with E-state index < -0.39 is 0 Å². The Hall–Kier alpha value is -1.49. The molecule has 17 heavy (non-hydrogen) atoms. The molecule has 0 aliphatic carbocycles. The van der Waals surface area contributed by atoms with E-state index in [-0.39, 0.29) is 19.3 Å². The molecule has 0 unspecified atom stereocenters. The summed E-state index contributed by atoms with van der Waals surface area (Å²) in [4.78, 5) is 4.35. The van der Waals surface area contributed by atoms with E-state index in [1.807, 2.05) is 24.3 Å². The molecule has 0 radical (unpaired) electrons. The topological polar surface area (TPSA) is 65.4 Å². The third-order valence-electron chi connectivity index (χ3n) is 2.68. The predicted molar refractivity (Wildman–Crippen MR) is 66.5 cm³/mol. The number of fused-ring (bicyclic) bond motifs is 1. The molecule has 0 saturated carbocycles. The molecule has 90 valence electrons. The first-order valence-electron chi connectivity index (χ1n) is 5.62. The fourth-order valence-electron chi connectivity index (χ4n) is 1.66. The van der Waals surface area contributed by atoms with Crippen molar-refractivity contribution in [3.63, 3.8) is 0 Å². The molecule has 4 heteroatoms. The number of pyridine rings is 1. The molecule has 0 atom stereocenters. The van der Waals surface area contributed by atoms with E-state index in [1.165, 1.54) is 0 Å². The average Bonchev–Trinajstić information content (AvgIpc) is 2.40. The summed E-state index contributed by atoms with van der Waals surface area (Å²) in [5, 5.41) is 22.0. The van der Waals surface area contributed by atoms with Crippen LogP contribution in [0.1, 0.15) is 5.56 Å². The van der Waals surface area contributed by atoms with Crippen LogP contribution in [0.25, 0.3) is 10.9 Å². The van der Waals surface area contributed by atoms with Crippen LogP contribution in [0.5, 0.6) is 0 Å². The van der Waals surface area contributed by atoms with Crippen LogP contribution in [0, 0.1) is 0 Å². The summed E-state index contributed by atoms with van der Waals surface area (Å²) in [6.07, 6.45) is 1.81. The molecule has 1 aromatic carbocycles. The second-order valence-corrected chi connectivity index (χ2v) is 3.98. The molecule has 1 aromatic heterocycles. The number of hydrogen-bond acceptors (Lipinski definition) is 4. The lowest BCUT2D eigenvalue weighted by Crippen LogP contribution is -2.35. The van der Waals surface area contributed by atoms with Gasteiger partial charge in [-0.1, -0.05) is 18.2 Å². The van der Waals surface area contributed by atoms with Gasteiger partial charge < -0.3 is 15.5 Å². The first-order valence-corrected chi connectivity index (χ1v) is 5.62. The Kier molecular flexibility index (Phi) is 4.03. The van der Waals surface area contributed by atoms with Crippen molar-refractivity contribution in [2.24, 2.45) is 0 Å². The highest BCUT2D eigenvalue weighted by molar-refractivity contribution is 5.78. The zero-order valence-corrected chi connectivity index (χ0v) is 9.50. The van der Waals surface area contributed by atoms with Gasteiger partial charge in [0.2, 0.25) is 0 Å². The minimum atomic E-state index is -0.276. The van der Waals surface area contributed by atoms with E-state index in [4.69, 9.17) is 10.2 Å². The summed E-state index contributed by atoms with van der Waals surface area (Å²) >= 11 is 0. The predicted octanol–water partition coefficient (Wildman–Crippen LogP) is 0.678. The summed E-state index contributed by atoms with van der Waals surface area (Å²) < 4.78 is 0. The Morgan fingerprint density at radius 2 is 1.94 bits per heavy atom. The molecule has 0 spiro atoms. The quantitative estimate of drug-likeness (QED) is 0.709. The van der Waals surface area contributed by atoms with Crippen molar-refractivity contribution < 1.29 is 10.2 Å². The molecule has 4 nitrogen and oxygen atoms in total. The molecule has 1 heterocycles. The van der Waals surface area contributed by atoms with Crippen LogP contribution < -0.4 is 5.32 Å². The van der Waals surface area contributed by atoms with Crippen molar-refractivity contribution in [1.82, 2.24) is 10.3 Å². The van der Waals surface area contributed by atoms with Gasteiger partial charge in [0.1, 0.15) is 0 Å². The summed E-state index contributed by atoms with van der Waals surface area (Å²) in [5.41, 5.74) is 2.01. The largest absolute Gasteiger partial charge is 0.395 e. The van der Waals surface area contributed by atoms with Gasteiger partial charge in [0.15, 0.2) is 0 Å². The first kappa shape index (κ1) is 12.0.